The van der Waals surface area contributed by atoms with Crippen molar-refractivity contribution >= 4 is 17.5 Å². The number of carbonyl (C=O) groups is 2. The summed E-state index contributed by atoms with van der Waals surface area (Å²) >= 11 is 0. The molecule has 1 heterocycles. The lowest BCUT2D eigenvalue weighted by Gasteiger charge is -2.12. The van der Waals surface area contributed by atoms with Crippen LogP contribution < -0.4 is 4.90 Å². The number of carbonyl (C=O) groups excluding carboxylic acids is 2. The molecule has 72 valence electrons. The molecule has 2 rings (SSSR count). The molecule has 1 atom stereocenters. The summed E-state index contributed by atoms with van der Waals surface area (Å²) in [5.74, 6) is -0.541. The fraction of sp³-hybridized carbons (Fsp3) is 0.273. The first-order valence-electron chi connectivity index (χ1n) is 4.56. The molecule has 1 aromatic carbocycles. The summed E-state index contributed by atoms with van der Waals surface area (Å²) in [6.45, 7) is 3.23. The number of hydrogen-bond donors (Lipinski definition) is 0. The first-order chi connectivity index (χ1) is 6.63. The molecule has 0 bridgehead atoms. The largest absolute Gasteiger partial charge is 0.274 e. The molecule has 14 heavy (non-hydrogen) atoms. The second kappa shape index (κ2) is 2.94. The van der Waals surface area contributed by atoms with Crippen LogP contribution in [0, 0.1) is 0 Å². The minimum Gasteiger partial charge on any atom is -0.274 e. The van der Waals surface area contributed by atoms with Gasteiger partial charge < -0.3 is 0 Å². The van der Waals surface area contributed by atoms with E-state index in [9.17, 15) is 9.59 Å². The molecule has 0 spiro atoms. The summed E-state index contributed by atoms with van der Waals surface area (Å²) in [4.78, 5) is 24.2. The van der Waals surface area contributed by atoms with Gasteiger partial charge in [-0.1, -0.05) is 18.2 Å². The van der Waals surface area contributed by atoms with Crippen molar-refractivity contribution in [3.8, 4) is 0 Å². The highest BCUT2D eigenvalue weighted by Crippen LogP contribution is 2.36. The molecule has 0 radical (unpaired) electrons. The average molecular weight is 189 g/mol. The molecule has 3 heteroatoms. The number of benzene rings is 1. The first kappa shape index (κ1) is 8.94. The molecule has 1 aliphatic heterocycles. The highest BCUT2D eigenvalue weighted by molar-refractivity contribution is 6.20. The van der Waals surface area contributed by atoms with Crippen molar-refractivity contribution in [1.29, 1.82) is 0 Å². The van der Waals surface area contributed by atoms with Crippen molar-refractivity contribution in [3.05, 3.63) is 29.8 Å². The molecular weight excluding hydrogens is 178 g/mol. The number of anilines is 1. The van der Waals surface area contributed by atoms with Gasteiger partial charge >= 0.3 is 0 Å². The van der Waals surface area contributed by atoms with E-state index in [1.54, 1.807) is 6.07 Å². The van der Waals surface area contributed by atoms with Gasteiger partial charge in [0.25, 0.3) is 0 Å². The molecule has 1 aromatic rings. The Morgan fingerprint density at radius 2 is 2.00 bits per heavy atom. The molecule has 2 amide bonds. The van der Waals surface area contributed by atoms with Crippen LogP contribution in [0.5, 0.6) is 0 Å². The monoisotopic (exact) mass is 189 g/mol. The Balaban J connectivity index is 2.59. The van der Waals surface area contributed by atoms with Crippen LogP contribution in [0.2, 0.25) is 0 Å². The van der Waals surface area contributed by atoms with Crippen molar-refractivity contribution in [2.24, 2.45) is 0 Å². The van der Waals surface area contributed by atoms with Crippen LogP contribution >= 0.6 is 0 Å². The Hall–Kier alpha value is -1.64. The number of hydrogen-bond acceptors (Lipinski definition) is 2. The quantitative estimate of drug-likeness (QED) is 0.622. The Bertz CT molecular complexity index is 412. The van der Waals surface area contributed by atoms with E-state index in [1.165, 1.54) is 11.8 Å². The van der Waals surface area contributed by atoms with E-state index in [0.29, 0.717) is 0 Å². The van der Waals surface area contributed by atoms with Gasteiger partial charge in [-0.3, -0.25) is 9.59 Å². The van der Waals surface area contributed by atoms with Gasteiger partial charge in [0.15, 0.2) is 0 Å². The van der Waals surface area contributed by atoms with E-state index < -0.39 is 0 Å². The van der Waals surface area contributed by atoms with Crippen molar-refractivity contribution in [3.63, 3.8) is 0 Å². The Morgan fingerprint density at radius 1 is 1.36 bits per heavy atom. The van der Waals surface area contributed by atoms with Crippen LogP contribution in [0.1, 0.15) is 25.3 Å². The van der Waals surface area contributed by atoms with Gasteiger partial charge in [0, 0.05) is 6.92 Å². The van der Waals surface area contributed by atoms with Gasteiger partial charge in [0.2, 0.25) is 11.8 Å². The number of amides is 2. The Kier molecular flexibility index (Phi) is 1.88. The summed E-state index contributed by atoms with van der Waals surface area (Å²) in [5.41, 5.74) is 1.67. The second-order valence-corrected chi connectivity index (χ2v) is 3.47. The minimum atomic E-state index is -0.216. The standard InChI is InChI=1S/C11H11NO2/c1-7-9-5-3-4-6-10(9)12(8(2)13)11(7)14/h3-7H,1-2H3. The maximum Gasteiger partial charge on any atom is 0.241 e. The third kappa shape index (κ3) is 1.05. The van der Waals surface area contributed by atoms with Crippen LogP contribution in [0.25, 0.3) is 0 Å². The molecule has 0 fully saturated rings. The number of rotatable bonds is 0. The van der Waals surface area contributed by atoms with Crippen LogP contribution in [0.4, 0.5) is 5.69 Å². The lowest BCUT2D eigenvalue weighted by Crippen LogP contribution is -2.32. The predicted octanol–water partition coefficient (Wildman–Crippen LogP) is 1.68. The third-order valence-electron chi connectivity index (χ3n) is 2.55. The first-order valence-corrected chi connectivity index (χ1v) is 4.56. The van der Waals surface area contributed by atoms with Gasteiger partial charge in [-0.25, -0.2) is 4.90 Å². The maximum atomic E-state index is 11.7. The zero-order valence-corrected chi connectivity index (χ0v) is 8.15. The number of para-hydroxylation sites is 1. The molecule has 0 saturated heterocycles. The maximum absolute atomic E-state index is 11.7. The number of nitrogens with zero attached hydrogens (tertiary/aromatic N) is 1. The molecule has 0 N–H and O–H groups in total. The molecule has 1 aliphatic rings. The van der Waals surface area contributed by atoms with Crippen LogP contribution in [0.3, 0.4) is 0 Å². The van der Waals surface area contributed by atoms with Crippen molar-refractivity contribution < 1.29 is 9.59 Å². The van der Waals surface area contributed by atoms with Gasteiger partial charge in [0.1, 0.15) is 0 Å². The van der Waals surface area contributed by atoms with Gasteiger partial charge in [0.05, 0.1) is 11.6 Å². The van der Waals surface area contributed by atoms with Crippen LogP contribution in [-0.4, -0.2) is 11.8 Å². The smallest absolute Gasteiger partial charge is 0.241 e. The Labute approximate surface area is 82.3 Å². The summed E-state index contributed by atoms with van der Waals surface area (Å²) < 4.78 is 0. The molecule has 0 saturated carbocycles. The molecule has 0 aliphatic carbocycles. The van der Waals surface area contributed by atoms with Gasteiger partial charge in [-0.15, -0.1) is 0 Å². The lowest BCUT2D eigenvalue weighted by molar-refractivity contribution is -0.125. The number of fused-ring (bicyclic) bond motifs is 1. The van der Waals surface area contributed by atoms with E-state index in [2.05, 4.69) is 0 Å². The summed E-state index contributed by atoms with van der Waals surface area (Å²) in [6, 6.07) is 7.41. The fourth-order valence-electron chi connectivity index (χ4n) is 1.83. The zero-order chi connectivity index (χ0) is 10.3. The van der Waals surface area contributed by atoms with E-state index in [-0.39, 0.29) is 17.7 Å². The third-order valence-corrected chi connectivity index (χ3v) is 2.55. The van der Waals surface area contributed by atoms with Crippen molar-refractivity contribution in [1.82, 2.24) is 0 Å². The second-order valence-electron chi connectivity index (χ2n) is 3.47. The van der Waals surface area contributed by atoms with E-state index in [0.717, 1.165) is 11.3 Å². The Morgan fingerprint density at radius 3 is 2.64 bits per heavy atom. The molecule has 3 nitrogen and oxygen atoms in total. The van der Waals surface area contributed by atoms with Gasteiger partial charge in [-0.05, 0) is 18.6 Å². The van der Waals surface area contributed by atoms with Crippen LogP contribution in [-0.2, 0) is 9.59 Å². The lowest BCUT2D eigenvalue weighted by atomic mass is 10.0. The fourth-order valence-corrected chi connectivity index (χ4v) is 1.83. The topological polar surface area (TPSA) is 37.4 Å². The minimum absolute atomic E-state index is 0.126. The summed E-state index contributed by atoms with van der Waals surface area (Å²) in [7, 11) is 0. The molecule has 0 aromatic heterocycles. The van der Waals surface area contributed by atoms with Crippen molar-refractivity contribution in [2.75, 3.05) is 4.90 Å². The summed E-state index contributed by atoms with van der Waals surface area (Å²) in [6.07, 6.45) is 0. The van der Waals surface area contributed by atoms with Crippen molar-refractivity contribution in [2.45, 2.75) is 19.8 Å². The van der Waals surface area contributed by atoms with E-state index >= 15 is 0 Å². The number of imide groups is 1. The van der Waals surface area contributed by atoms with Crippen LogP contribution in [0.15, 0.2) is 24.3 Å². The van der Waals surface area contributed by atoms with E-state index in [4.69, 9.17) is 0 Å². The highest BCUT2D eigenvalue weighted by atomic mass is 16.2. The SMILES string of the molecule is CC(=O)N1C(=O)C(C)c2ccccc21. The predicted molar refractivity (Wildman–Crippen MR) is 53.0 cm³/mol. The van der Waals surface area contributed by atoms with E-state index in [1.807, 2.05) is 25.1 Å². The summed E-state index contributed by atoms with van der Waals surface area (Å²) in [5, 5.41) is 0. The normalized spacial score (nSPS) is 19.7. The molecular formula is C11H11NO2. The average Bonchev–Trinajstić information content (AvgIpc) is 2.41. The molecule has 1 unspecified atom stereocenters. The van der Waals surface area contributed by atoms with Gasteiger partial charge in [-0.2, -0.15) is 0 Å². The highest BCUT2D eigenvalue weighted by Gasteiger charge is 2.35. The zero-order valence-electron chi connectivity index (χ0n) is 8.15.